The van der Waals surface area contributed by atoms with Crippen molar-refractivity contribution >= 4 is 22.2 Å². The minimum atomic E-state index is -0.412. The number of ether oxygens (including phenoxy) is 1. The third-order valence-electron chi connectivity index (χ3n) is 5.07. The molecule has 6 nitrogen and oxygen atoms in total. The van der Waals surface area contributed by atoms with Crippen LogP contribution in [0.5, 0.6) is 5.75 Å². The van der Waals surface area contributed by atoms with E-state index in [-0.39, 0.29) is 0 Å². The molecule has 7 heteroatoms. The second-order valence-electron chi connectivity index (χ2n) is 7.01. The summed E-state index contributed by atoms with van der Waals surface area (Å²) in [6, 6.07) is 4.98. The van der Waals surface area contributed by atoms with Crippen LogP contribution in [0.1, 0.15) is 6.92 Å². The number of halogens is 1. The molecule has 1 aliphatic rings. The summed E-state index contributed by atoms with van der Waals surface area (Å²) in [5.74, 6) is 0.750. The van der Waals surface area contributed by atoms with Crippen LogP contribution in [0.15, 0.2) is 43.0 Å². The van der Waals surface area contributed by atoms with Crippen molar-refractivity contribution in [1.29, 1.82) is 0 Å². The zero-order valence-corrected chi connectivity index (χ0v) is 15.1. The van der Waals surface area contributed by atoms with Gasteiger partial charge < -0.3 is 9.64 Å². The number of nitrogens with zero attached hydrogens (tertiary/aromatic N) is 5. The molecule has 0 atom stereocenters. The molecule has 3 aromatic heterocycles. The van der Waals surface area contributed by atoms with Gasteiger partial charge in [-0.1, -0.05) is 6.92 Å². The average molecular weight is 363 g/mol. The van der Waals surface area contributed by atoms with Crippen LogP contribution < -0.4 is 9.64 Å². The minimum absolute atomic E-state index is 0.304. The molecule has 0 spiro atoms. The van der Waals surface area contributed by atoms with Crippen LogP contribution >= 0.6 is 0 Å². The molecule has 1 aromatic carbocycles. The number of rotatable bonds is 3. The Bertz CT molecular complexity index is 1170. The summed E-state index contributed by atoms with van der Waals surface area (Å²) < 4.78 is 21.4. The maximum absolute atomic E-state index is 14.4. The summed E-state index contributed by atoms with van der Waals surface area (Å²) >= 11 is 0. The molecule has 1 aliphatic heterocycles. The number of pyridine rings is 1. The molecule has 0 bridgehead atoms. The summed E-state index contributed by atoms with van der Waals surface area (Å²) in [6.45, 7) is 4.31. The largest absolute Gasteiger partial charge is 0.497 e. The fourth-order valence-corrected chi connectivity index (χ4v) is 3.67. The highest BCUT2D eigenvalue weighted by Crippen LogP contribution is 2.34. The Kier molecular flexibility index (Phi) is 3.50. The molecule has 0 aliphatic carbocycles. The van der Waals surface area contributed by atoms with E-state index >= 15 is 0 Å². The maximum atomic E-state index is 14.4. The van der Waals surface area contributed by atoms with E-state index in [1.54, 1.807) is 23.0 Å². The second-order valence-corrected chi connectivity index (χ2v) is 7.01. The number of benzene rings is 1. The van der Waals surface area contributed by atoms with Crippen LogP contribution in [0.25, 0.3) is 27.7 Å². The van der Waals surface area contributed by atoms with Crippen molar-refractivity contribution < 1.29 is 9.13 Å². The Hall–Kier alpha value is -3.22. The van der Waals surface area contributed by atoms with Crippen LogP contribution in [0.4, 0.5) is 10.1 Å². The molecule has 4 heterocycles. The third-order valence-corrected chi connectivity index (χ3v) is 5.07. The van der Waals surface area contributed by atoms with Gasteiger partial charge in [-0.15, -0.1) is 0 Å². The highest BCUT2D eigenvalue weighted by atomic mass is 19.1. The zero-order chi connectivity index (χ0) is 18.5. The molecule has 0 saturated carbocycles. The Labute approximate surface area is 155 Å². The molecule has 0 amide bonds. The average Bonchev–Trinajstić information content (AvgIpc) is 3.08. The zero-order valence-electron chi connectivity index (χ0n) is 15.1. The summed E-state index contributed by atoms with van der Waals surface area (Å²) in [4.78, 5) is 11.1. The fourth-order valence-electron chi connectivity index (χ4n) is 3.67. The molecule has 0 radical (unpaired) electrons. The summed E-state index contributed by atoms with van der Waals surface area (Å²) in [6.07, 6.45) is 7.22. The quantitative estimate of drug-likeness (QED) is 0.557. The van der Waals surface area contributed by atoms with E-state index in [9.17, 15) is 4.39 Å². The summed E-state index contributed by atoms with van der Waals surface area (Å²) in [5, 5.41) is 5.14. The van der Waals surface area contributed by atoms with Crippen LogP contribution in [-0.4, -0.2) is 39.8 Å². The highest BCUT2D eigenvalue weighted by molar-refractivity contribution is 5.98. The third kappa shape index (κ3) is 2.50. The lowest BCUT2D eigenvalue weighted by molar-refractivity contribution is 0.412. The van der Waals surface area contributed by atoms with E-state index in [0.717, 1.165) is 35.6 Å². The molecular weight excluding hydrogens is 345 g/mol. The minimum Gasteiger partial charge on any atom is -0.497 e. The van der Waals surface area contributed by atoms with Crippen molar-refractivity contribution in [1.82, 2.24) is 19.6 Å². The smallest absolute Gasteiger partial charge is 0.162 e. The van der Waals surface area contributed by atoms with Crippen LogP contribution in [-0.2, 0) is 0 Å². The van der Waals surface area contributed by atoms with Crippen LogP contribution in [0.3, 0.4) is 0 Å². The van der Waals surface area contributed by atoms with Crippen LogP contribution in [0.2, 0.25) is 0 Å². The van der Waals surface area contributed by atoms with E-state index in [0.29, 0.717) is 22.6 Å². The lowest BCUT2D eigenvalue weighted by Gasteiger charge is -2.38. The van der Waals surface area contributed by atoms with Gasteiger partial charge in [0.1, 0.15) is 11.3 Å². The fraction of sp³-hybridized carbons (Fsp3) is 0.250. The number of hydrogen-bond donors (Lipinski definition) is 0. The first-order valence-corrected chi connectivity index (χ1v) is 8.85. The van der Waals surface area contributed by atoms with E-state index in [1.807, 2.05) is 18.5 Å². The van der Waals surface area contributed by atoms with E-state index in [4.69, 9.17) is 4.74 Å². The van der Waals surface area contributed by atoms with E-state index in [2.05, 4.69) is 26.9 Å². The van der Waals surface area contributed by atoms with Crippen molar-refractivity contribution in [2.24, 2.45) is 5.92 Å². The Balaban J connectivity index is 1.66. The molecule has 0 unspecified atom stereocenters. The second kappa shape index (κ2) is 5.90. The van der Waals surface area contributed by atoms with Gasteiger partial charge in [-0.25, -0.2) is 13.9 Å². The standard InChI is InChI=1S/C20H18FN5O/c1-12-9-25(10-12)13-7-23-20-17(8-24-26(20)11-13)15-3-4-22-19-16(15)5-14(27-2)6-18(19)21/h3-8,11-12H,9-10H2,1-2H3. The van der Waals surface area contributed by atoms with Gasteiger partial charge in [-0.2, -0.15) is 5.10 Å². The molecule has 136 valence electrons. The first kappa shape index (κ1) is 16.0. The predicted octanol–water partition coefficient (Wildman–Crippen LogP) is 3.55. The Morgan fingerprint density at radius 2 is 2.00 bits per heavy atom. The normalized spacial score (nSPS) is 14.7. The van der Waals surface area contributed by atoms with E-state index in [1.165, 1.54) is 13.2 Å². The van der Waals surface area contributed by atoms with Crippen molar-refractivity contribution in [3.8, 4) is 16.9 Å². The van der Waals surface area contributed by atoms with Gasteiger partial charge in [0, 0.05) is 36.3 Å². The first-order chi connectivity index (χ1) is 13.1. The number of fused-ring (bicyclic) bond motifs is 2. The van der Waals surface area contributed by atoms with Gasteiger partial charge in [0.2, 0.25) is 0 Å². The van der Waals surface area contributed by atoms with Gasteiger partial charge in [-0.3, -0.25) is 4.98 Å². The molecule has 1 fully saturated rings. The van der Waals surface area contributed by atoms with Crippen molar-refractivity contribution in [2.75, 3.05) is 25.1 Å². The molecule has 5 rings (SSSR count). The number of aromatic nitrogens is 4. The predicted molar refractivity (Wildman–Crippen MR) is 102 cm³/mol. The number of hydrogen-bond acceptors (Lipinski definition) is 5. The van der Waals surface area contributed by atoms with Crippen molar-refractivity contribution in [3.63, 3.8) is 0 Å². The van der Waals surface area contributed by atoms with Gasteiger partial charge in [0.15, 0.2) is 11.5 Å². The molecule has 4 aromatic rings. The first-order valence-electron chi connectivity index (χ1n) is 8.85. The van der Waals surface area contributed by atoms with E-state index < -0.39 is 5.82 Å². The van der Waals surface area contributed by atoms with Gasteiger partial charge in [0.25, 0.3) is 0 Å². The number of anilines is 1. The van der Waals surface area contributed by atoms with Crippen LogP contribution in [0, 0.1) is 11.7 Å². The molecule has 27 heavy (non-hydrogen) atoms. The van der Waals surface area contributed by atoms with Gasteiger partial charge in [0.05, 0.1) is 31.4 Å². The Morgan fingerprint density at radius 1 is 1.15 bits per heavy atom. The lowest BCUT2D eigenvalue weighted by Crippen LogP contribution is -2.45. The monoisotopic (exact) mass is 363 g/mol. The topological polar surface area (TPSA) is 55.6 Å². The van der Waals surface area contributed by atoms with Gasteiger partial charge >= 0.3 is 0 Å². The van der Waals surface area contributed by atoms with Crippen molar-refractivity contribution in [3.05, 3.63) is 48.8 Å². The maximum Gasteiger partial charge on any atom is 0.162 e. The Morgan fingerprint density at radius 3 is 2.78 bits per heavy atom. The molecule has 0 N–H and O–H groups in total. The van der Waals surface area contributed by atoms with Gasteiger partial charge in [-0.05, 0) is 23.6 Å². The van der Waals surface area contributed by atoms with Crippen molar-refractivity contribution in [2.45, 2.75) is 6.92 Å². The molecule has 1 saturated heterocycles. The number of methoxy groups -OCH3 is 1. The SMILES string of the molecule is COc1cc(F)c2nccc(-c3cnn4cc(N5CC(C)C5)cnc34)c2c1. The highest BCUT2D eigenvalue weighted by Gasteiger charge is 2.23. The molecular formula is C20H18FN5O. The summed E-state index contributed by atoms with van der Waals surface area (Å²) in [5.41, 5.74) is 3.74. The lowest BCUT2D eigenvalue weighted by atomic mass is 10.0. The summed E-state index contributed by atoms with van der Waals surface area (Å²) in [7, 11) is 1.52.